The molecule has 0 radical (unpaired) electrons. The number of pyridine rings is 1. The Bertz CT molecular complexity index is 642. The lowest BCUT2D eigenvalue weighted by Crippen LogP contribution is -2.48. The van der Waals surface area contributed by atoms with Crippen LogP contribution in [0.15, 0.2) is 40.2 Å². The number of hydrogen-bond acceptors (Lipinski definition) is 3. The van der Waals surface area contributed by atoms with Crippen molar-refractivity contribution in [3.05, 3.63) is 57.0 Å². The van der Waals surface area contributed by atoms with E-state index in [1.165, 1.54) is 11.6 Å². The van der Waals surface area contributed by atoms with Crippen LogP contribution in [0.5, 0.6) is 0 Å². The molecule has 1 aromatic heterocycles. The van der Waals surface area contributed by atoms with Gasteiger partial charge in [-0.1, -0.05) is 12.2 Å². The molecule has 0 amide bonds. The normalized spacial score (nSPS) is 31.0. The smallest absolute Gasteiger partial charge is 0.248 e. The largest absolute Gasteiger partial charge is 0.392 e. The van der Waals surface area contributed by atoms with Gasteiger partial charge in [0.15, 0.2) is 0 Å². The first kappa shape index (κ1) is 12.4. The third kappa shape index (κ3) is 1.71. The van der Waals surface area contributed by atoms with Gasteiger partial charge in [-0.15, -0.1) is 0 Å². The van der Waals surface area contributed by atoms with Gasteiger partial charge >= 0.3 is 0 Å². The molecule has 0 spiro atoms. The molecule has 2 bridgehead atoms. The summed E-state index contributed by atoms with van der Waals surface area (Å²) >= 11 is 0. The molecule has 0 aliphatic heterocycles. The van der Waals surface area contributed by atoms with E-state index in [0.29, 0.717) is 6.42 Å². The van der Waals surface area contributed by atoms with Crippen molar-refractivity contribution in [1.29, 1.82) is 0 Å². The van der Waals surface area contributed by atoms with E-state index in [9.17, 15) is 9.90 Å². The number of rotatable bonds is 1. The van der Waals surface area contributed by atoms with Gasteiger partial charge in [0.25, 0.3) is 0 Å². The first-order valence-electron chi connectivity index (χ1n) is 6.57. The molecule has 2 aliphatic carbocycles. The van der Waals surface area contributed by atoms with Crippen LogP contribution in [0.2, 0.25) is 0 Å². The second-order valence-electron chi connectivity index (χ2n) is 5.40. The van der Waals surface area contributed by atoms with Gasteiger partial charge in [0, 0.05) is 17.7 Å². The highest BCUT2D eigenvalue weighted by atomic mass is 16.3. The van der Waals surface area contributed by atoms with E-state index in [0.717, 1.165) is 23.3 Å². The number of nitrogens with two attached hydrogens (primary N) is 1. The highest BCUT2D eigenvalue weighted by Crippen LogP contribution is 2.47. The SMILES string of the molecule is C/C=C1\C2C=C(CO)CC1(N)c1ccc(=O)[nH]c1C2. The van der Waals surface area contributed by atoms with Gasteiger partial charge in [-0.3, -0.25) is 4.79 Å². The summed E-state index contributed by atoms with van der Waals surface area (Å²) in [5.41, 5.74) is 10.0. The molecule has 1 aromatic rings. The lowest BCUT2D eigenvalue weighted by atomic mass is 9.63. The van der Waals surface area contributed by atoms with Crippen LogP contribution < -0.4 is 11.3 Å². The van der Waals surface area contributed by atoms with E-state index in [4.69, 9.17) is 5.73 Å². The number of aliphatic hydroxyl groups is 1. The number of H-pyrrole nitrogens is 1. The van der Waals surface area contributed by atoms with Crippen molar-refractivity contribution in [2.24, 2.45) is 11.7 Å². The van der Waals surface area contributed by atoms with Gasteiger partial charge in [0.1, 0.15) is 0 Å². The summed E-state index contributed by atoms with van der Waals surface area (Å²) in [7, 11) is 0. The van der Waals surface area contributed by atoms with E-state index < -0.39 is 5.54 Å². The first-order chi connectivity index (χ1) is 9.08. The molecule has 1 heterocycles. The second-order valence-corrected chi connectivity index (χ2v) is 5.40. The van der Waals surface area contributed by atoms with Crippen LogP contribution in [0.25, 0.3) is 0 Å². The molecule has 2 aliphatic rings. The fourth-order valence-electron chi connectivity index (χ4n) is 3.54. The minimum Gasteiger partial charge on any atom is -0.392 e. The van der Waals surface area contributed by atoms with Crippen LogP contribution >= 0.6 is 0 Å². The fraction of sp³-hybridized carbons (Fsp3) is 0.400. The maximum atomic E-state index is 11.5. The zero-order valence-corrected chi connectivity index (χ0v) is 10.9. The molecule has 4 N–H and O–H groups in total. The monoisotopic (exact) mass is 258 g/mol. The van der Waals surface area contributed by atoms with Gasteiger partial charge in [-0.2, -0.15) is 0 Å². The number of fused-ring (bicyclic) bond motifs is 4. The van der Waals surface area contributed by atoms with Gasteiger partial charge < -0.3 is 15.8 Å². The summed E-state index contributed by atoms with van der Waals surface area (Å²) in [5, 5.41) is 9.41. The predicted octanol–water partition coefficient (Wildman–Crippen LogP) is 0.970. The summed E-state index contributed by atoms with van der Waals surface area (Å²) in [4.78, 5) is 14.4. The van der Waals surface area contributed by atoms with Crippen molar-refractivity contribution in [3.8, 4) is 0 Å². The number of aromatic amines is 1. The van der Waals surface area contributed by atoms with Crippen molar-refractivity contribution < 1.29 is 5.11 Å². The average Bonchev–Trinajstić information content (AvgIpc) is 2.37. The summed E-state index contributed by atoms with van der Waals surface area (Å²) in [5.74, 6) is 0.177. The molecule has 2 atom stereocenters. The van der Waals surface area contributed by atoms with Gasteiger partial charge in [-0.05, 0) is 42.5 Å². The van der Waals surface area contributed by atoms with E-state index in [2.05, 4.69) is 17.1 Å². The Kier molecular flexibility index (Phi) is 2.73. The Hall–Kier alpha value is -1.65. The molecule has 4 heteroatoms. The Balaban J connectivity index is 2.24. The van der Waals surface area contributed by atoms with Crippen LogP contribution in [0, 0.1) is 5.92 Å². The summed E-state index contributed by atoms with van der Waals surface area (Å²) in [6.45, 7) is 2.05. The average molecular weight is 258 g/mol. The molecular formula is C15H18N2O2. The second kappa shape index (κ2) is 4.18. The van der Waals surface area contributed by atoms with Crippen molar-refractivity contribution in [1.82, 2.24) is 4.98 Å². The number of nitrogens with one attached hydrogen (secondary N) is 1. The first-order valence-corrected chi connectivity index (χ1v) is 6.57. The molecule has 4 nitrogen and oxygen atoms in total. The number of aliphatic hydroxyl groups excluding tert-OH is 1. The molecule has 19 heavy (non-hydrogen) atoms. The Morgan fingerprint density at radius 3 is 3.05 bits per heavy atom. The van der Waals surface area contributed by atoms with Crippen molar-refractivity contribution in [2.75, 3.05) is 6.61 Å². The summed E-state index contributed by atoms with van der Waals surface area (Å²) in [6.07, 6.45) is 5.52. The zero-order chi connectivity index (χ0) is 13.6. The Morgan fingerprint density at radius 1 is 1.58 bits per heavy atom. The van der Waals surface area contributed by atoms with Crippen LogP contribution in [0.1, 0.15) is 24.6 Å². The van der Waals surface area contributed by atoms with E-state index in [1.807, 2.05) is 13.0 Å². The molecule has 0 saturated heterocycles. The van der Waals surface area contributed by atoms with Crippen LogP contribution in [0.3, 0.4) is 0 Å². The third-order valence-corrected chi connectivity index (χ3v) is 4.28. The van der Waals surface area contributed by atoms with Gasteiger partial charge in [0.2, 0.25) is 5.56 Å². The molecule has 2 unspecified atom stereocenters. The number of hydrogen-bond donors (Lipinski definition) is 3. The zero-order valence-electron chi connectivity index (χ0n) is 10.9. The van der Waals surface area contributed by atoms with Gasteiger partial charge in [0.05, 0.1) is 12.1 Å². The quantitative estimate of drug-likeness (QED) is 0.657. The summed E-state index contributed by atoms with van der Waals surface area (Å²) < 4.78 is 0. The third-order valence-electron chi connectivity index (χ3n) is 4.28. The Labute approximate surface area is 111 Å². The van der Waals surface area contributed by atoms with Gasteiger partial charge in [-0.25, -0.2) is 0 Å². The molecule has 3 rings (SSSR count). The van der Waals surface area contributed by atoms with Crippen LogP contribution in [-0.2, 0) is 12.0 Å². The highest BCUT2D eigenvalue weighted by molar-refractivity contribution is 5.49. The maximum Gasteiger partial charge on any atom is 0.248 e. The van der Waals surface area contributed by atoms with Crippen molar-refractivity contribution in [3.63, 3.8) is 0 Å². The van der Waals surface area contributed by atoms with E-state index in [-0.39, 0.29) is 18.1 Å². The topological polar surface area (TPSA) is 79.1 Å². The van der Waals surface area contributed by atoms with Crippen molar-refractivity contribution in [2.45, 2.75) is 25.3 Å². The fourth-order valence-corrected chi connectivity index (χ4v) is 3.54. The lowest BCUT2D eigenvalue weighted by Gasteiger charge is -2.45. The highest BCUT2D eigenvalue weighted by Gasteiger charge is 2.44. The minimum absolute atomic E-state index is 0.0468. The van der Waals surface area contributed by atoms with Crippen LogP contribution in [-0.4, -0.2) is 16.7 Å². The lowest BCUT2D eigenvalue weighted by molar-refractivity contribution is 0.303. The predicted molar refractivity (Wildman–Crippen MR) is 73.7 cm³/mol. The standard InChI is InChI=1S/C15H18N2O2/c1-2-11-10-5-9(8-18)7-15(11,16)12-3-4-14(19)17-13(12)6-10/h2-5,10,18H,6-8,16H2,1H3,(H,17,19)/b11-2+. The molecule has 0 fully saturated rings. The van der Waals surface area contributed by atoms with E-state index in [1.54, 1.807) is 0 Å². The Morgan fingerprint density at radius 2 is 2.37 bits per heavy atom. The van der Waals surface area contributed by atoms with Crippen LogP contribution in [0.4, 0.5) is 0 Å². The number of allylic oxidation sites excluding steroid dienone is 2. The maximum absolute atomic E-state index is 11.5. The molecule has 100 valence electrons. The molecule has 0 saturated carbocycles. The van der Waals surface area contributed by atoms with Crippen molar-refractivity contribution >= 4 is 0 Å². The molecular weight excluding hydrogens is 240 g/mol. The molecule has 0 aromatic carbocycles. The number of aromatic nitrogens is 1. The summed E-state index contributed by atoms with van der Waals surface area (Å²) in [6, 6.07) is 3.35. The van der Waals surface area contributed by atoms with E-state index >= 15 is 0 Å². The minimum atomic E-state index is -0.593.